The highest BCUT2D eigenvalue weighted by molar-refractivity contribution is 5.75. The van der Waals surface area contributed by atoms with E-state index in [1.165, 1.54) is 46.2 Å². The molecular weight excluding hydrogens is 216 g/mol. The van der Waals surface area contributed by atoms with Gasteiger partial charge < -0.3 is 0 Å². The van der Waals surface area contributed by atoms with E-state index in [1.54, 1.807) is 5.56 Å². The van der Waals surface area contributed by atoms with E-state index in [1.807, 2.05) is 0 Å². The lowest BCUT2D eigenvalue weighted by molar-refractivity contribution is 0.579. The fourth-order valence-electron chi connectivity index (χ4n) is 3.46. The van der Waals surface area contributed by atoms with E-state index >= 15 is 0 Å². The van der Waals surface area contributed by atoms with Crippen molar-refractivity contribution in [3.63, 3.8) is 0 Å². The molecule has 0 amide bonds. The minimum atomic E-state index is 0.201. The molecule has 0 aromatic heterocycles. The lowest BCUT2D eigenvalue weighted by atomic mass is 9.71. The Morgan fingerprint density at radius 3 is 2.06 bits per heavy atom. The summed E-state index contributed by atoms with van der Waals surface area (Å²) in [6.07, 6.45) is 3.65. The van der Waals surface area contributed by atoms with Gasteiger partial charge >= 0.3 is 0 Å². The Labute approximate surface area is 112 Å². The number of fused-ring (bicyclic) bond motifs is 1. The zero-order valence-corrected chi connectivity index (χ0v) is 12.8. The predicted octanol–water partition coefficient (Wildman–Crippen LogP) is 5.26. The molecule has 2 rings (SSSR count). The van der Waals surface area contributed by atoms with Crippen LogP contribution in [0.5, 0.6) is 0 Å². The summed E-state index contributed by atoms with van der Waals surface area (Å²) in [5.41, 5.74) is 10.6. The largest absolute Gasteiger partial charge is 0.0952 e. The fourth-order valence-corrected chi connectivity index (χ4v) is 3.46. The Morgan fingerprint density at radius 2 is 1.50 bits per heavy atom. The number of hydrogen-bond donors (Lipinski definition) is 0. The van der Waals surface area contributed by atoms with Crippen molar-refractivity contribution in [3.05, 3.63) is 40.0 Å². The van der Waals surface area contributed by atoms with Crippen LogP contribution in [0, 0.1) is 20.8 Å². The van der Waals surface area contributed by atoms with Gasteiger partial charge in [0.25, 0.3) is 0 Å². The molecule has 0 bridgehead atoms. The molecule has 0 unspecified atom stereocenters. The van der Waals surface area contributed by atoms with Crippen LogP contribution in [-0.4, -0.2) is 0 Å². The maximum absolute atomic E-state index is 4.34. The van der Waals surface area contributed by atoms with E-state index in [9.17, 15) is 0 Å². The highest BCUT2D eigenvalue weighted by Crippen LogP contribution is 2.42. The molecule has 98 valence electrons. The molecule has 1 aromatic rings. The monoisotopic (exact) mass is 242 g/mol. The molecule has 0 aliphatic heterocycles. The van der Waals surface area contributed by atoms with Gasteiger partial charge in [0.05, 0.1) is 0 Å². The van der Waals surface area contributed by atoms with Gasteiger partial charge in [-0.05, 0) is 84.4 Å². The Hall–Kier alpha value is -1.04. The van der Waals surface area contributed by atoms with E-state index in [0.29, 0.717) is 0 Å². The first-order valence-corrected chi connectivity index (χ1v) is 7.06. The van der Waals surface area contributed by atoms with Gasteiger partial charge in [-0.25, -0.2) is 0 Å². The van der Waals surface area contributed by atoms with Crippen LogP contribution >= 0.6 is 0 Å². The van der Waals surface area contributed by atoms with Crippen LogP contribution in [0.25, 0.3) is 5.57 Å². The molecule has 0 spiro atoms. The molecule has 0 heteroatoms. The van der Waals surface area contributed by atoms with Gasteiger partial charge in [-0.1, -0.05) is 27.4 Å². The average molecular weight is 242 g/mol. The first kappa shape index (κ1) is 13.4. The Bertz CT molecular complexity index is 510. The summed E-state index contributed by atoms with van der Waals surface area (Å²) in [6, 6.07) is 0. The summed E-state index contributed by atoms with van der Waals surface area (Å²) >= 11 is 0. The van der Waals surface area contributed by atoms with Crippen LogP contribution in [0.3, 0.4) is 0 Å². The quantitative estimate of drug-likeness (QED) is 0.582. The summed E-state index contributed by atoms with van der Waals surface area (Å²) in [5.74, 6) is 0. The molecule has 0 atom stereocenters. The van der Waals surface area contributed by atoms with Crippen molar-refractivity contribution in [3.8, 4) is 0 Å². The predicted molar refractivity (Wildman–Crippen MR) is 81.3 cm³/mol. The molecule has 0 saturated carbocycles. The van der Waals surface area contributed by atoms with Crippen molar-refractivity contribution in [2.75, 3.05) is 0 Å². The Balaban J connectivity index is 2.88. The zero-order valence-electron chi connectivity index (χ0n) is 12.8. The van der Waals surface area contributed by atoms with Gasteiger partial charge in [-0.2, -0.15) is 0 Å². The summed E-state index contributed by atoms with van der Waals surface area (Å²) in [6.45, 7) is 18.2. The van der Waals surface area contributed by atoms with Crippen LogP contribution in [0.2, 0.25) is 0 Å². The van der Waals surface area contributed by atoms with E-state index in [4.69, 9.17) is 0 Å². The molecule has 0 N–H and O–H groups in total. The molecule has 18 heavy (non-hydrogen) atoms. The number of benzene rings is 1. The van der Waals surface area contributed by atoms with E-state index in [2.05, 4.69) is 48.1 Å². The second-order valence-corrected chi connectivity index (χ2v) is 6.81. The SMILES string of the molecule is C=C1CCCc2c(C)c(C)c(C)c(C(C)(C)C)c21. The first-order chi connectivity index (χ1) is 8.25. The van der Waals surface area contributed by atoms with Crippen LogP contribution in [-0.2, 0) is 11.8 Å². The molecule has 1 aliphatic rings. The second kappa shape index (κ2) is 4.26. The molecule has 0 heterocycles. The van der Waals surface area contributed by atoms with Crippen molar-refractivity contribution in [2.45, 2.75) is 66.2 Å². The molecular formula is C18H26. The summed E-state index contributed by atoms with van der Waals surface area (Å²) < 4.78 is 0. The summed E-state index contributed by atoms with van der Waals surface area (Å²) in [7, 11) is 0. The van der Waals surface area contributed by atoms with Gasteiger partial charge in [0, 0.05) is 0 Å². The maximum Gasteiger partial charge on any atom is -0.0123 e. The van der Waals surface area contributed by atoms with Crippen LogP contribution in [0.15, 0.2) is 6.58 Å². The van der Waals surface area contributed by atoms with E-state index in [0.717, 1.165) is 6.42 Å². The maximum atomic E-state index is 4.34. The molecule has 1 aliphatic carbocycles. The van der Waals surface area contributed by atoms with Crippen molar-refractivity contribution >= 4 is 5.57 Å². The molecule has 0 saturated heterocycles. The van der Waals surface area contributed by atoms with E-state index < -0.39 is 0 Å². The third kappa shape index (κ3) is 1.92. The number of allylic oxidation sites excluding steroid dienone is 1. The number of rotatable bonds is 0. The van der Waals surface area contributed by atoms with Gasteiger partial charge in [0.2, 0.25) is 0 Å². The first-order valence-electron chi connectivity index (χ1n) is 7.06. The lowest BCUT2D eigenvalue weighted by Gasteiger charge is -2.33. The van der Waals surface area contributed by atoms with Crippen molar-refractivity contribution in [1.29, 1.82) is 0 Å². The third-order valence-corrected chi connectivity index (χ3v) is 4.51. The Morgan fingerprint density at radius 1 is 0.889 bits per heavy atom. The smallest absolute Gasteiger partial charge is 0.0123 e. The molecule has 0 radical (unpaired) electrons. The molecule has 0 fully saturated rings. The van der Waals surface area contributed by atoms with Gasteiger partial charge in [0.1, 0.15) is 0 Å². The topological polar surface area (TPSA) is 0 Å². The van der Waals surface area contributed by atoms with Crippen LogP contribution in [0.4, 0.5) is 0 Å². The van der Waals surface area contributed by atoms with Gasteiger partial charge in [-0.3, -0.25) is 0 Å². The highest BCUT2D eigenvalue weighted by atomic mass is 14.3. The second-order valence-electron chi connectivity index (χ2n) is 6.81. The zero-order chi connectivity index (χ0) is 13.7. The molecule has 0 nitrogen and oxygen atoms in total. The Kier molecular flexibility index (Phi) is 3.17. The summed E-state index contributed by atoms with van der Waals surface area (Å²) in [4.78, 5) is 0. The van der Waals surface area contributed by atoms with E-state index in [-0.39, 0.29) is 5.41 Å². The lowest BCUT2D eigenvalue weighted by Crippen LogP contribution is -2.21. The summed E-state index contributed by atoms with van der Waals surface area (Å²) in [5, 5.41) is 0. The molecule has 1 aromatic carbocycles. The van der Waals surface area contributed by atoms with Gasteiger partial charge in [0.15, 0.2) is 0 Å². The standard InChI is InChI=1S/C18H26/c1-11-9-8-10-15-13(3)12(2)14(4)17(16(11)15)18(5,6)7/h1,8-10H2,2-7H3. The fraction of sp³-hybridized carbons (Fsp3) is 0.556. The van der Waals surface area contributed by atoms with Crippen LogP contribution in [0.1, 0.15) is 67.0 Å². The number of hydrogen-bond acceptors (Lipinski definition) is 0. The van der Waals surface area contributed by atoms with Crippen molar-refractivity contribution in [2.24, 2.45) is 0 Å². The minimum absolute atomic E-state index is 0.201. The third-order valence-electron chi connectivity index (χ3n) is 4.51. The normalized spacial score (nSPS) is 15.8. The van der Waals surface area contributed by atoms with Crippen molar-refractivity contribution < 1.29 is 0 Å². The van der Waals surface area contributed by atoms with Crippen LogP contribution < -0.4 is 0 Å². The van der Waals surface area contributed by atoms with Gasteiger partial charge in [-0.15, -0.1) is 0 Å². The van der Waals surface area contributed by atoms with Crippen molar-refractivity contribution in [1.82, 2.24) is 0 Å². The highest BCUT2D eigenvalue weighted by Gasteiger charge is 2.28. The average Bonchev–Trinajstić information content (AvgIpc) is 2.26. The minimum Gasteiger partial charge on any atom is -0.0952 e.